The van der Waals surface area contributed by atoms with Crippen LogP contribution in [-0.4, -0.2) is 29.2 Å². The highest BCUT2D eigenvalue weighted by Gasteiger charge is 2.19. The molecule has 7 heteroatoms. The molecule has 0 aliphatic heterocycles. The molecule has 4 aromatic rings. The molecule has 0 radical (unpaired) electrons. The average molecular weight is 445 g/mol. The van der Waals surface area contributed by atoms with Gasteiger partial charge in [0.05, 0.1) is 42.1 Å². The van der Waals surface area contributed by atoms with Crippen LogP contribution in [0.3, 0.4) is 0 Å². The van der Waals surface area contributed by atoms with Crippen molar-refractivity contribution >= 4 is 11.4 Å². The van der Waals surface area contributed by atoms with Crippen molar-refractivity contribution in [3.63, 3.8) is 0 Å². The van der Waals surface area contributed by atoms with Gasteiger partial charge in [-0.25, -0.2) is 9.07 Å². The van der Waals surface area contributed by atoms with Crippen LogP contribution >= 0.6 is 0 Å². The van der Waals surface area contributed by atoms with Crippen LogP contribution in [0.4, 0.5) is 10.1 Å². The number of methoxy groups -OCH3 is 1. The average Bonchev–Trinajstić information content (AvgIpc) is 3.18. The van der Waals surface area contributed by atoms with Crippen LogP contribution in [-0.2, 0) is 0 Å². The summed E-state index contributed by atoms with van der Waals surface area (Å²) in [5, 5.41) is 3.17. The molecular formula is C26H24FN3O3. The largest absolute Gasteiger partial charge is 0.497 e. The van der Waals surface area contributed by atoms with E-state index in [2.05, 4.69) is 10.1 Å². The van der Waals surface area contributed by atoms with Crippen LogP contribution in [0, 0.1) is 5.82 Å². The van der Waals surface area contributed by atoms with Crippen molar-refractivity contribution in [2.45, 2.75) is 13.8 Å². The van der Waals surface area contributed by atoms with E-state index in [1.165, 1.54) is 16.8 Å². The second kappa shape index (κ2) is 9.56. The van der Waals surface area contributed by atoms with Gasteiger partial charge in [-0.1, -0.05) is 0 Å². The Morgan fingerprint density at radius 2 is 1.61 bits per heavy atom. The van der Waals surface area contributed by atoms with Crippen molar-refractivity contribution in [3.05, 3.63) is 94.5 Å². The zero-order chi connectivity index (χ0) is 23.4. The first kappa shape index (κ1) is 22.1. The number of aromatic nitrogens is 2. The van der Waals surface area contributed by atoms with E-state index in [9.17, 15) is 9.18 Å². The minimum absolute atomic E-state index is 0.278. The first-order valence-corrected chi connectivity index (χ1v) is 10.5. The molecule has 33 heavy (non-hydrogen) atoms. The van der Waals surface area contributed by atoms with E-state index in [-0.39, 0.29) is 11.4 Å². The number of hydrogen-bond acceptors (Lipinski definition) is 4. The maximum atomic E-state index is 13.5. The van der Waals surface area contributed by atoms with Gasteiger partial charge in [0.2, 0.25) is 0 Å². The van der Waals surface area contributed by atoms with Gasteiger partial charge in [0.1, 0.15) is 17.3 Å². The molecule has 0 aliphatic carbocycles. The van der Waals surface area contributed by atoms with E-state index in [0.29, 0.717) is 40.7 Å². The van der Waals surface area contributed by atoms with Gasteiger partial charge >= 0.3 is 0 Å². The quantitative estimate of drug-likeness (QED) is 0.381. The van der Waals surface area contributed by atoms with Gasteiger partial charge in [-0.3, -0.25) is 14.9 Å². The number of aliphatic imine (C=N–C) groups is 1. The fourth-order valence-electron chi connectivity index (χ4n) is 3.54. The Bertz CT molecular complexity index is 1320. The first-order valence-electron chi connectivity index (χ1n) is 10.5. The van der Waals surface area contributed by atoms with Crippen LogP contribution in [0.1, 0.15) is 19.4 Å². The van der Waals surface area contributed by atoms with Crippen LogP contribution in [0.25, 0.3) is 16.9 Å². The molecule has 1 heterocycles. The number of rotatable bonds is 7. The van der Waals surface area contributed by atoms with Crippen molar-refractivity contribution in [2.75, 3.05) is 13.7 Å². The predicted molar refractivity (Wildman–Crippen MR) is 128 cm³/mol. The SMILES string of the molecule is CCOc1ccc(N=C(C)c2c(-c3ccc(OC)cc3)[nH]n(-c3ccc(F)cc3)c2=O)cc1. The Morgan fingerprint density at radius 3 is 2.21 bits per heavy atom. The van der Waals surface area contributed by atoms with Crippen molar-refractivity contribution in [3.8, 4) is 28.4 Å². The van der Waals surface area contributed by atoms with Gasteiger partial charge in [0, 0.05) is 5.56 Å². The van der Waals surface area contributed by atoms with E-state index in [1.54, 1.807) is 26.2 Å². The smallest absolute Gasteiger partial charge is 0.280 e. The second-order valence-electron chi connectivity index (χ2n) is 7.33. The summed E-state index contributed by atoms with van der Waals surface area (Å²) in [6, 6.07) is 20.5. The molecule has 0 amide bonds. The number of H-pyrrole nitrogens is 1. The molecule has 0 saturated carbocycles. The highest BCUT2D eigenvalue weighted by atomic mass is 19.1. The summed E-state index contributed by atoms with van der Waals surface area (Å²) in [7, 11) is 1.60. The Morgan fingerprint density at radius 1 is 0.970 bits per heavy atom. The van der Waals surface area contributed by atoms with Crippen molar-refractivity contribution in [1.29, 1.82) is 0 Å². The van der Waals surface area contributed by atoms with Crippen LogP contribution < -0.4 is 15.0 Å². The lowest BCUT2D eigenvalue weighted by molar-refractivity contribution is 0.340. The van der Waals surface area contributed by atoms with Crippen LogP contribution in [0.5, 0.6) is 11.5 Å². The normalized spacial score (nSPS) is 11.5. The summed E-state index contributed by atoms with van der Waals surface area (Å²) in [6.45, 7) is 4.30. The van der Waals surface area contributed by atoms with E-state index in [1.807, 2.05) is 55.5 Å². The molecule has 0 fully saturated rings. The Balaban J connectivity index is 1.83. The monoisotopic (exact) mass is 445 g/mol. The molecule has 0 aliphatic rings. The van der Waals surface area contributed by atoms with E-state index >= 15 is 0 Å². The number of hydrogen-bond donors (Lipinski definition) is 1. The van der Waals surface area contributed by atoms with Crippen molar-refractivity contribution in [1.82, 2.24) is 9.78 Å². The topological polar surface area (TPSA) is 68.6 Å². The Hall–Kier alpha value is -4.13. The van der Waals surface area contributed by atoms with Crippen molar-refractivity contribution < 1.29 is 13.9 Å². The highest BCUT2D eigenvalue weighted by Crippen LogP contribution is 2.26. The van der Waals surface area contributed by atoms with Crippen molar-refractivity contribution in [2.24, 2.45) is 4.99 Å². The number of nitrogens with one attached hydrogen (secondary N) is 1. The number of nitrogens with zero attached hydrogens (tertiary/aromatic N) is 2. The summed E-state index contributed by atoms with van der Waals surface area (Å²) in [4.78, 5) is 18.1. The fourth-order valence-corrected chi connectivity index (χ4v) is 3.54. The third-order valence-electron chi connectivity index (χ3n) is 5.16. The number of halogens is 1. The molecule has 6 nitrogen and oxygen atoms in total. The third kappa shape index (κ3) is 4.72. The van der Waals surface area contributed by atoms with Crippen LogP contribution in [0.15, 0.2) is 82.6 Å². The van der Waals surface area contributed by atoms with Crippen LogP contribution in [0.2, 0.25) is 0 Å². The summed E-state index contributed by atoms with van der Waals surface area (Å²) in [6.07, 6.45) is 0. The first-order chi connectivity index (χ1) is 16.0. The fraction of sp³-hybridized carbons (Fsp3) is 0.154. The molecular weight excluding hydrogens is 421 g/mol. The molecule has 0 saturated heterocycles. The maximum absolute atomic E-state index is 13.5. The zero-order valence-corrected chi connectivity index (χ0v) is 18.6. The standard InChI is InChI=1S/C26H24FN3O3/c1-4-33-23-15-9-20(10-16-23)28-17(2)24-25(18-5-13-22(32-3)14-6-18)29-30(26(24)31)21-11-7-19(27)8-12-21/h5-16,29H,4H2,1-3H3. The lowest BCUT2D eigenvalue weighted by Crippen LogP contribution is -2.19. The molecule has 1 aromatic heterocycles. The molecule has 0 spiro atoms. The predicted octanol–water partition coefficient (Wildman–Crippen LogP) is 5.52. The van der Waals surface area contributed by atoms with E-state index in [0.717, 1.165) is 11.3 Å². The van der Waals surface area contributed by atoms with Gasteiger partial charge in [0.15, 0.2) is 0 Å². The van der Waals surface area contributed by atoms with Gasteiger partial charge in [-0.05, 0) is 86.6 Å². The molecule has 0 unspecified atom stereocenters. The van der Waals surface area contributed by atoms with Gasteiger partial charge in [-0.15, -0.1) is 0 Å². The number of benzene rings is 3. The summed E-state index contributed by atoms with van der Waals surface area (Å²) in [5.41, 5.74) is 3.33. The molecule has 168 valence electrons. The maximum Gasteiger partial charge on any atom is 0.280 e. The number of aromatic amines is 1. The van der Waals surface area contributed by atoms with E-state index < -0.39 is 0 Å². The summed E-state index contributed by atoms with van der Waals surface area (Å²) in [5.74, 6) is 1.09. The molecule has 1 N–H and O–H groups in total. The zero-order valence-electron chi connectivity index (χ0n) is 18.6. The molecule has 3 aromatic carbocycles. The highest BCUT2D eigenvalue weighted by molar-refractivity contribution is 6.04. The number of ether oxygens (including phenoxy) is 2. The van der Waals surface area contributed by atoms with Gasteiger partial charge < -0.3 is 9.47 Å². The van der Waals surface area contributed by atoms with Gasteiger partial charge in [0.25, 0.3) is 5.56 Å². The Kier molecular flexibility index (Phi) is 6.40. The minimum atomic E-state index is -0.373. The summed E-state index contributed by atoms with van der Waals surface area (Å²) < 4.78 is 25.6. The third-order valence-corrected chi connectivity index (χ3v) is 5.16. The Labute approximate surface area is 190 Å². The van der Waals surface area contributed by atoms with E-state index in [4.69, 9.17) is 9.47 Å². The molecule has 4 rings (SSSR count). The lowest BCUT2D eigenvalue weighted by atomic mass is 10.0. The second-order valence-corrected chi connectivity index (χ2v) is 7.33. The lowest BCUT2D eigenvalue weighted by Gasteiger charge is -2.06. The molecule has 0 atom stereocenters. The van der Waals surface area contributed by atoms with Gasteiger partial charge in [-0.2, -0.15) is 0 Å². The minimum Gasteiger partial charge on any atom is -0.497 e. The summed E-state index contributed by atoms with van der Waals surface area (Å²) >= 11 is 0. The molecule has 0 bridgehead atoms.